The van der Waals surface area contributed by atoms with Crippen LogP contribution in [0.25, 0.3) is 0 Å². The highest BCUT2D eigenvalue weighted by atomic mass is 18.0. The van der Waals surface area contributed by atoms with Crippen molar-refractivity contribution in [2.24, 2.45) is 5.73 Å². The van der Waals surface area contributed by atoms with Gasteiger partial charge < -0.3 is 25.6 Å². The Labute approximate surface area is 498 Å². The maximum atomic E-state index is 10.0. The van der Waals surface area contributed by atoms with Crippen LogP contribution in [0.1, 0.15) is 85.5 Å². The lowest BCUT2D eigenvalue weighted by Gasteiger charge is -2.00. The van der Waals surface area contributed by atoms with Crippen molar-refractivity contribution in [1.82, 2.24) is 5.32 Å². The minimum Gasteiger partial charge on any atom is -0.370 e. The van der Waals surface area contributed by atoms with Gasteiger partial charge in [0.1, 0.15) is 18.6 Å². The Bertz CT molecular complexity index is 848. The molecule has 3 rings (SSSR count). The summed E-state index contributed by atoms with van der Waals surface area (Å²) in [5, 5.41) is 60.4. The summed E-state index contributed by atoms with van der Waals surface area (Å²) < 4.78 is 5.28. The summed E-state index contributed by atoms with van der Waals surface area (Å²) in [7, 11) is 0. The number of hydrogen-bond donors (Lipinski definition) is 2. The molecule has 0 aromatic heterocycles. The fourth-order valence-electron chi connectivity index (χ4n) is 2.33. The van der Waals surface area contributed by atoms with Crippen LogP contribution in [0, 0.1) is 0 Å². The summed E-state index contributed by atoms with van der Waals surface area (Å²) in [5.74, 6) is -0.378. The van der Waals surface area contributed by atoms with Gasteiger partial charge in [0.15, 0.2) is 0 Å². The quantitative estimate of drug-likeness (QED) is 0.0204. The maximum Gasteiger partial charge on any atom is 0.339 e. The van der Waals surface area contributed by atoms with E-state index in [1.807, 2.05) is 0 Å². The number of unbranched alkanes of at least 4 members (excludes halogenated alkanes) is 1. The van der Waals surface area contributed by atoms with Crippen LogP contribution >= 0.6 is 0 Å². The maximum absolute atomic E-state index is 10.0. The molecule has 0 bridgehead atoms. The summed E-state index contributed by atoms with van der Waals surface area (Å²) in [6, 6.07) is 0. The molecule has 0 amide bonds. The van der Waals surface area contributed by atoms with Crippen LogP contribution in [-0.4, -0.2) is 43.9 Å². The van der Waals surface area contributed by atoms with Crippen LogP contribution < -0.4 is 11.1 Å². The second-order valence-corrected chi connectivity index (χ2v) is 8.52. The van der Waals surface area contributed by atoms with Gasteiger partial charge in [-0.15, -0.1) is 224 Å². The molecule has 1 heterocycles. The summed E-state index contributed by atoms with van der Waals surface area (Å²) >= 11 is 0. The first-order chi connectivity index (χ1) is 40.5. The van der Waals surface area contributed by atoms with Crippen molar-refractivity contribution in [3.63, 3.8) is 0 Å². The van der Waals surface area contributed by atoms with Gasteiger partial charge in [-0.25, -0.2) is 4.79 Å². The Hall–Kier alpha value is -6.67. The second-order valence-electron chi connectivity index (χ2n) is 8.52. The number of nitrogens with two attached hydrogens (primary N) is 1. The molecule has 2 saturated carbocycles. The molecule has 2 atom stereocenters. The van der Waals surface area contributed by atoms with E-state index in [1.54, 1.807) is 0 Å². The van der Waals surface area contributed by atoms with E-state index in [9.17, 15) is 4.79 Å². The van der Waals surface area contributed by atoms with Gasteiger partial charge in [0.05, 0.1) is 12.2 Å². The molecule has 3 N–H and O–H groups in total. The zero-order valence-corrected chi connectivity index (χ0v) is 51.4. The number of fused-ring (bicyclic) bond motifs is 1. The molecular formula is C58H116N2O22. The number of ether oxygens (including phenoxy) is 1. The van der Waals surface area contributed by atoms with Crippen LogP contribution in [0.15, 0.2) is 249 Å². The summed E-state index contributed by atoms with van der Waals surface area (Å²) in [5.41, 5.74) is 5.21. The highest BCUT2D eigenvalue weighted by Gasteiger charge is 2.39. The zero-order chi connectivity index (χ0) is 69.8. The lowest BCUT2D eigenvalue weighted by atomic mass is 10.0. The van der Waals surface area contributed by atoms with E-state index in [4.69, 9.17) is 10.5 Å². The Morgan fingerprint density at radius 1 is 0.402 bits per heavy atom. The molecule has 2 unspecified atom stereocenters. The van der Waals surface area contributed by atoms with E-state index < -0.39 is 0 Å². The number of carbonyl (C=O) groups is 1. The van der Waals surface area contributed by atoms with Crippen molar-refractivity contribution in [3.8, 4) is 0 Å². The average Bonchev–Trinajstić information content (AvgIpc) is 4.56. The largest absolute Gasteiger partial charge is 0.370 e. The fourth-order valence-corrected chi connectivity index (χ4v) is 2.33. The first-order valence-corrected chi connectivity index (χ1v) is 23.1. The summed E-state index contributed by atoms with van der Waals surface area (Å²) in [6.07, 6.45) is 14.7. The molecule has 3 fully saturated rings. The second kappa shape index (κ2) is 234. The first-order valence-electron chi connectivity index (χ1n) is 23.1. The topological polar surface area (TPSA) is 252 Å². The molecule has 24 nitrogen and oxygen atoms in total. The number of rotatable bonds is 26. The number of hydrogen-bond acceptors (Lipinski definition) is 24. The molecule has 2 aliphatic carbocycles. The zero-order valence-electron chi connectivity index (χ0n) is 51.4. The smallest absolute Gasteiger partial charge is 0.339 e. The van der Waals surface area contributed by atoms with E-state index in [1.165, 1.54) is 51.9 Å². The van der Waals surface area contributed by atoms with Gasteiger partial charge >= 0.3 is 5.97 Å². The molecular weight excluding hydrogens is 1080 g/mol. The Kier molecular flexibility index (Phi) is 374. The third kappa shape index (κ3) is 261. The van der Waals surface area contributed by atoms with Crippen LogP contribution in [0.5, 0.6) is 0 Å². The van der Waals surface area contributed by atoms with Gasteiger partial charge in [-0.1, -0.05) is 59.6 Å². The molecule has 0 spiro atoms. The van der Waals surface area contributed by atoms with Crippen LogP contribution in [0.4, 0.5) is 0 Å². The number of carbonyl (C=O) groups excluding carboxylic acids is 1. The van der Waals surface area contributed by atoms with Gasteiger partial charge in [-0.05, 0) is 38.6 Å². The van der Waals surface area contributed by atoms with E-state index >= 15 is 0 Å². The molecule has 24 heteroatoms. The normalized spacial score (nSPS) is 10.6. The van der Waals surface area contributed by atoms with Gasteiger partial charge in [0.2, 0.25) is 0 Å². The number of epoxide rings is 1. The van der Waals surface area contributed by atoms with Crippen molar-refractivity contribution >= 4 is 5.97 Å². The van der Waals surface area contributed by atoms with Gasteiger partial charge in [0, 0.05) is 101 Å². The monoisotopic (exact) mass is 1190 g/mol. The minimum absolute atomic E-state index is 0.193. The molecule has 0 radical (unpaired) electrons. The molecule has 490 valence electrons. The Morgan fingerprint density at radius 2 is 0.634 bits per heavy atom. The van der Waals surface area contributed by atoms with E-state index in [0.29, 0.717) is 12.2 Å². The van der Waals surface area contributed by atoms with Crippen molar-refractivity contribution in [2.75, 3.05) is 19.6 Å². The van der Waals surface area contributed by atoms with Crippen LogP contribution in [-0.2, 0) is 110 Å². The average molecular weight is 1190 g/mol. The minimum atomic E-state index is -0.378. The summed E-state index contributed by atoms with van der Waals surface area (Å²) in [4.78, 5) is 26.7. The predicted molar refractivity (Wildman–Crippen MR) is 337 cm³/mol. The van der Waals surface area contributed by atoms with Crippen molar-refractivity contribution in [2.45, 2.75) is 104 Å². The van der Waals surface area contributed by atoms with E-state index in [2.05, 4.69) is 363 Å². The highest BCUT2D eigenvalue weighted by molar-refractivity contribution is 5.65. The SMILES string of the molecule is C1CCC2OC2C1.C=C.C=C.C=C.C=C.C=C.C=C.C=C.C=C.C=C.C=C.C=C.C=C.C=C.C=C.C=C.C=C.C=C.C=COOOOOOOOOOOOOOOOOOC=C.CC(=O)OOC1CC1.CCCC.CCCNCCN. The standard InChI is InChI=1S/C6H10O.C5H14N2.C5H8O3.C4H6O18.C4H10.17C2H4/c1-2-4-6-5(3-1)7-6;1-2-4-7-5-3-6;1-4(6)7-8-5-2-3-5;1-3-5-7-9-11-13-15-17-19-21-22-20-18-16-14-12-10-8-6-4-2;1-3-4-2;17*1-2/h5-6H,1-4H2;7H,2-6H2,1H3;5H,2-3H2,1H3;3-4H,1-2H2;3-4H2,1-2H3;17*1-2H2. The molecule has 1 aliphatic heterocycles. The Balaban J connectivity index is -0.0000000332. The van der Waals surface area contributed by atoms with Crippen LogP contribution in [0.3, 0.4) is 0 Å². The third-order valence-electron chi connectivity index (χ3n) is 4.62. The van der Waals surface area contributed by atoms with Gasteiger partial charge in [-0.3, -0.25) is 4.89 Å². The van der Waals surface area contributed by atoms with Gasteiger partial charge in [-0.2, -0.15) is 4.89 Å². The fraction of sp³-hybridized carbons (Fsp3) is 0.328. The van der Waals surface area contributed by atoms with E-state index in [-0.39, 0.29) is 12.1 Å². The van der Waals surface area contributed by atoms with E-state index in [0.717, 1.165) is 45.0 Å². The Morgan fingerprint density at radius 3 is 0.793 bits per heavy atom. The molecule has 82 heavy (non-hydrogen) atoms. The molecule has 0 aromatic carbocycles. The predicted octanol–water partition coefficient (Wildman–Crippen LogP) is 17.5. The van der Waals surface area contributed by atoms with Crippen molar-refractivity contribution < 1.29 is 110 Å². The summed E-state index contributed by atoms with van der Waals surface area (Å²) in [6.45, 7) is 119. The van der Waals surface area contributed by atoms with Gasteiger partial charge in [0.25, 0.3) is 0 Å². The molecule has 3 aliphatic rings. The first kappa shape index (κ1) is 131. The molecule has 1 saturated heterocycles. The lowest BCUT2D eigenvalue weighted by molar-refractivity contribution is -0.888. The van der Waals surface area contributed by atoms with Crippen molar-refractivity contribution in [3.05, 3.63) is 249 Å². The van der Waals surface area contributed by atoms with Crippen molar-refractivity contribution in [1.29, 1.82) is 0 Å². The molecule has 0 aromatic rings. The third-order valence-corrected chi connectivity index (χ3v) is 4.62. The van der Waals surface area contributed by atoms with Crippen LogP contribution in [0.2, 0.25) is 0 Å². The highest BCUT2D eigenvalue weighted by Crippen LogP contribution is 2.35. The lowest BCUT2D eigenvalue weighted by Crippen LogP contribution is -2.22. The number of nitrogens with one attached hydrogen (secondary N) is 1.